The molecule has 0 bridgehead atoms. The Morgan fingerprint density at radius 1 is 1.37 bits per heavy atom. The van der Waals surface area contributed by atoms with Crippen LogP contribution in [0.2, 0.25) is 0 Å². The van der Waals surface area contributed by atoms with Crippen molar-refractivity contribution >= 4 is 22.0 Å². The summed E-state index contributed by atoms with van der Waals surface area (Å²) in [4.78, 5) is 22.8. The Balaban J connectivity index is 2.63. The van der Waals surface area contributed by atoms with Crippen LogP contribution in [0.5, 0.6) is 0 Å². The molecule has 0 radical (unpaired) electrons. The van der Waals surface area contributed by atoms with Crippen LogP contribution in [0.3, 0.4) is 0 Å². The van der Waals surface area contributed by atoms with E-state index in [1.807, 2.05) is 0 Å². The number of carboxylic acid groups (broad SMARTS) is 1. The molecule has 1 fully saturated rings. The van der Waals surface area contributed by atoms with Crippen LogP contribution in [0.4, 0.5) is 0 Å². The van der Waals surface area contributed by atoms with E-state index in [4.69, 9.17) is 9.66 Å². The lowest BCUT2D eigenvalue weighted by atomic mass is 10.0. The molecule has 8 nitrogen and oxygen atoms in total. The summed E-state index contributed by atoms with van der Waals surface area (Å²) in [5, 5.41) is 12.9. The maximum Gasteiger partial charge on any atom is 0.326 e. The summed E-state index contributed by atoms with van der Waals surface area (Å²) in [7, 11) is -4.19. The second-order valence-corrected chi connectivity index (χ2v) is 6.60. The zero-order valence-corrected chi connectivity index (χ0v) is 11.5. The standard InChI is InChI=1S/C10H18N2O6S/c1-5(2)8(10(14)15)12-9(13)7-3-6(4-11-7)19(16,17)18/h5-8,11H,3-4H2,1-2H3,(H,12,13)(H,14,15)(H,16,17,18)/t6-,7+,8+/m1/s1. The number of rotatable bonds is 5. The predicted octanol–water partition coefficient (Wildman–Crippen LogP) is -1.17. The summed E-state index contributed by atoms with van der Waals surface area (Å²) in [5.41, 5.74) is 0. The first-order valence-corrected chi connectivity index (χ1v) is 7.36. The monoisotopic (exact) mass is 294 g/mol. The third kappa shape index (κ3) is 4.15. The fourth-order valence-corrected chi connectivity index (χ4v) is 2.64. The molecule has 1 rings (SSSR count). The van der Waals surface area contributed by atoms with Crippen LogP contribution in [0.15, 0.2) is 0 Å². The Bertz CT molecular complexity index is 461. The predicted molar refractivity (Wildman–Crippen MR) is 66.1 cm³/mol. The van der Waals surface area contributed by atoms with E-state index in [-0.39, 0.29) is 18.9 Å². The molecule has 1 heterocycles. The Labute approximate surface area is 111 Å². The van der Waals surface area contributed by atoms with Gasteiger partial charge in [0.15, 0.2) is 0 Å². The van der Waals surface area contributed by atoms with Gasteiger partial charge < -0.3 is 15.7 Å². The van der Waals surface area contributed by atoms with Crippen LogP contribution in [0.1, 0.15) is 20.3 Å². The number of hydrogen-bond acceptors (Lipinski definition) is 5. The van der Waals surface area contributed by atoms with E-state index < -0.39 is 39.3 Å². The number of amides is 1. The fraction of sp³-hybridized carbons (Fsp3) is 0.800. The molecule has 1 aliphatic rings. The molecule has 9 heteroatoms. The molecule has 0 aromatic heterocycles. The van der Waals surface area contributed by atoms with Crippen LogP contribution >= 0.6 is 0 Å². The molecule has 1 saturated heterocycles. The lowest BCUT2D eigenvalue weighted by molar-refractivity contribution is -0.143. The minimum absolute atomic E-state index is 0.0314. The Hall–Kier alpha value is -1.19. The van der Waals surface area contributed by atoms with Crippen LogP contribution in [0, 0.1) is 5.92 Å². The molecular weight excluding hydrogens is 276 g/mol. The van der Waals surface area contributed by atoms with Crippen molar-refractivity contribution in [1.82, 2.24) is 10.6 Å². The summed E-state index contributed by atoms with van der Waals surface area (Å²) >= 11 is 0. The molecule has 0 saturated carbocycles. The summed E-state index contributed by atoms with van der Waals surface area (Å²) in [6.07, 6.45) is -0.0743. The van der Waals surface area contributed by atoms with Crippen molar-refractivity contribution in [3.8, 4) is 0 Å². The number of carbonyl (C=O) groups is 2. The highest BCUT2D eigenvalue weighted by Gasteiger charge is 2.37. The van der Waals surface area contributed by atoms with Crippen molar-refractivity contribution in [3.05, 3.63) is 0 Å². The minimum Gasteiger partial charge on any atom is -0.480 e. The van der Waals surface area contributed by atoms with Crippen molar-refractivity contribution < 1.29 is 27.7 Å². The molecule has 0 aromatic carbocycles. The second kappa shape index (κ2) is 5.85. The molecular formula is C10H18N2O6S. The third-order valence-corrected chi connectivity index (χ3v) is 4.26. The molecule has 0 aliphatic carbocycles. The quantitative estimate of drug-likeness (QED) is 0.469. The number of hydrogen-bond donors (Lipinski definition) is 4. The normalized spacial score (nSPS) is 25.3. The van der Waals surface area contributed by atoms with Gasteiger partial charge in [0, 0.05) is 6.54 Å². The lowest BCUT2D eigenvalue weighted by Crippen LogP contribution is -2.50. The molecule has 0 spiro atoms. The molecule has 3 atom stereocenters. The van der Waals surface area contributed by atoms with Crippen LogP contribution < -0.4 is 10.6 Å². The molecule has 110 valence electrons. The van der Waals surface area contributed by atoms with Gasteiger partial charge in [-0.1, -0.05) is 13.8 Å². The van der Waals surface area contributed by atoms with E-state index in [0.717, 1.165) is 0 Å². The molecule has 0 unspecified atom stereocenters. The highest BCUT2D eigenvalue weighted by Crippen LogP contribution is 2.14. The number of aliphatic carboxylic acids is 1. The first-order valence-electron chi connectivity index (χ1n) is 5.85. The third-order valence-electron chi connectivity index (χ3n) is 3.06. The van der Waals surface area contributed by atoms with Crippen LogP contribution in [0.25, 0.3) is 0 Å². The Morgan fingerprint density at radius 3 is 2.32 bits per heavy atom. The van der Waals surface area contributed by atoms with Crippen LogP contribution in [-0.4, -0.2) is 53.8 Å². The Morgan fingerprint density at radius 2 is 1.95 bits per heavy atom. The maximum atomic E-state index is 11.8. The van der Waals surface area contributed by atoms with Crippen molar-refractivity contribution in [1.29, 1.82) is 0 Å². The van der Waals surface area contributed by atoms with Crippen molar-refractivity contribution in [3.63, 3.8) is 0 Å². The van der Waals surface area contributed by atoms with Gasteiger partial charge in [-0.05, 0) is 12.3 Å². The molecule has 19 heavy (non-hydrogen) atoms. The van der Waals surface area contributed by atoms with Crippen molar-refractivity contribution in [2.24, 2.45) is 5.92 Å². The van der Waals surface area contributed by atoms with Crippen LogP contribution in [-0.2, 0) is 19.7 Å². The van der Waals surface area contributed by atoms with Gasteiger partial charge in [-0.25, -0.2) is 4.79 Å². The lowest BCUT2D eigenvalue weighted by Gasteiger charge is -2.20. The minimum atomic E-state index is -4.19. The molecule has 1 aliphatic heterocycles. The number of carboxylic acids is 1. The Kier molecular flexibility index (Phi) is 4.88. The van der Waals surface area contributed by atoms with E-state index >= 15 is 0 Å². The molecule has 4 N–H and O–H groups in total. The SMILES string of the molecule is CC(C)[C@H](NC(=O)[C@@H]1C[C@@H](S(=O)(=O)O)CN1)C(=O)O. The maximum absolute atomic E-state index is 11.8. The topological polar surface area (TPSA) is 133 Å². The first-order chi connectivity index (χ1) is 8.62. The largest absolute Gasteiger partial charge is 0.480 e. The van der Waals surface area contributed by atoms with E-state index in [2.05, 4.69) is 10.6 Å². The first kappa shape index (κ1) is 15.9. The summed E-state index contributed by atoms with van der Waals surface area (Å²) in [6.45, 7) is 3.28. The van der Waals surface area contributed by atoms with E-state index in [1.54, 1.807) is 13.8 Å². The summed E-state index contributed by atoms with van der Waals surface area (Å²) in [6, 6.07) is -1.84. The van der Waals surface area contributed by atoms with Gasteiger partial charge in [-0.2, -0.15) is 8.42 Å². The van der Waals surface area contributed by atoms with Gasteiger partial charge in [0.1, 0.15) is 11.3 Å². The molecule has 0 aromatic rings. The fourth-order valence-electron chi connectivity index (χ4n) is 1.90. The average Bonchev–Trinajstić information content (AvgIpc) is 2.73. The van der Waals surface area contributed by atoms with Crippen molar-refractivity contribution in [2.75, 3.05) is 6.54 Å². The summed E-state index contributed by atoms with van der Waals surface area (Å²) in [5.74, 6) is -2.01. The number of nitrogens with one attached hydrogen (secondary N) is 2. The van der Waals surface area contributed by atoms with E-state index in [1.165, 1.54) is 0 Å². The van der Waals surface area contributed by atoms with Gasteiger partial charge in [0.05, 0.1) is 6.04 Å². The zero-order valence-electron chi connectivity index (χ0n) is 10.7. The molecule has 1 amide bonds. The van der Waals surface area contributed by atoms with Gasteiger partial charge >= 0.3 is 5.97 Å². The summed E-state index contributed by atoms with van der Waals surface area (Å²) < 4.78 is 30.7. The number of carbonyl (C=O) groups excluding carboxylic acids is 1. The highest BCUT2D eigenvalue weighted by atomic mass is 32.2. The average molecular weight is 294 g/mol. The highest BCUT2D eigenvalue weighted by molar-refractivity contribution is 7.86. The van der Waals surface area contributed by atoms with Gasteiger partial charge in [-0.3, -0.25) is 9.35 Å². The van der Waals surface area contributed by atoms with E-state index in [0.29, 0.717) is 0 Å². The van der Waals surface area contributed by atoms with Crippen molar-refractivity contribution in [2.45, 2.75) is 37.6 Å². The van der Waals surface area contributed by atoms with Gasteiger partial charge in [0.2, 0.25) is 5.91 Å². The second-order valence-electron chi connectivity index (χ2n) is 4.90. The smallest absolute Gasteiger partial charge is 0.326 e. The van der Waals surface area contributed by atoms with Gasteiger partial charge in [-0.15, -0.1) is 0 Å². The zero-order chi connectivity index (χ0) is 14.8. The van der Waals surface area contributed by atoms with Gasteiger partial charge in [0.25, 0.3) is 10.1 Å². The van der Waals surface area contributed by atoms with E-state index in [9.17, 15) is 18.0 Å².